The summed E-state index contributed by atoms with van der Waals surface area (Å²) in [4.78, 5) is 0. The minimum Gasteiger partial charge on any atom is -0.107 e. The van der Waals surface area contributed by atoms with Gasteiger partial charge in [-0.05, 0) is 31.3 Å². The Morgan fingerprint density at radius 1 is 0.429 bits per heavy atom. The van der Waals surface area contributed by atoms with Gasteiger partial charge < -0.3 is 0 Å². The van der Waals surface area contributed by atoms with Crippen molar-refractivity contribution in [1.29, 1.82) is 0 Å². The molecule has 128 valence electrons. The first kappa shape index (κ1) is 21.4. The van der Waals surface area contributed by atoms with E-state index in [0.717, 1.165) is 0 Å². The van der Waals surface area contributed by atoms with Crippen molar-refractivity contribution in [2.24, 2.45) is 0 Å². The Bertz CT molecular complexity index is 161. The lowest BCUT2D eigenvalue weighted by Crippen LogP contribution is -1.94. The number of hydrogen-bond donors (Lipinski definition) is 0. The van der Waals surface area contributed by atoms with Gasteiger partial charge >= 0.3 is 0 Å². The smallest absolute Gasteiger partial charge is 0.0326 e. The topological polar surface area (TPSA) is 0 Å². The fraction of sp³-hybridized carbons (Fsp3) is 1.00. The molecule has 0 aromatic carbocycles. The normalized spacial score (nSPS) is 11.4. The van der Waals surface area contributed by atoms with Crippen LogP contribution < -0.4 is 0 Å². The molecule has 0 spiro atoms. The Hall–Kier alpha value is 0.430. The highest BCUT2D eigenvalue weighted by Gasteiger charge is 2.04. The summed E-state index contributed by atoms with van der Waals surface area (Å²) in [6, 6.07) is 0. The Balaban J connectivity index is 3.29. The first-order valence-electron chi connectivity index (χ1n) is 10.1. The van der Waals surface area contributed by atoms with E-state index in [0.29, 0.717) is 7.92 Å². The molecule has 0 saturated carbocycles. The van der Waals surface area contributed by atoms with Gasteiger partial charge in [-0.2, -0.15) is 0 Å². The molecule has 0 bridgehead atoms. The van der Waals surface area contributed by atoms with Crippen LogP contribution in [-0.4, -0.2) is 18.5 Å². The van der Waals surface area contributed by atoms with Crippen molar-refractivity contribution < 1.29 is 0 Å². The van der Waals surface area contributed by atoms with Crippen LogP contribution in [0.15, 0.2) is 0 Å². The van der Waals surface area contributed by atoms with Crippen LogP contribution in [0, 0.1) is 0 Å². The Labute approximate surface area is 137 Å². The average Bonchev–Trinajstić information content (AvgIpc) is 2.51. The molecule has 0 amide bonds. The molecule has 0 aromatic rings. The lowest BCUT2D eigenvalue weighted by atomic mass is 10.1. The summed E-state index contributed by atoms with van der Waals surface area (Å²) in [5.41, 5.74) is 0. The Morgan fingerprint density at radius 3 is 1.10 bits per heavy atom. The van der Waals surface area contributed by atoms with Gasteiger partial charge in [0, 0.05) is 0 Å². The van der Waals surface area contributed by atoms with Gasteiger partial charge in [0.05, 0.1) is 0 Å². The fourth-order valence-corrected chi connectivity index (χ4v) is 5.21. The summed E-state index contributed by atoms with van der Waals surface area (Å²) in [6.07, 6.45) is 25.2. The maximum absolute atomic E-state index is 2.42. The maximum atomic E-state index is 2.42. The second-order valence-electron chi connectivity index (χ2n) is 6.68. The molecule has 0 nitrogen and oxygen atoms in total. The quantitative estimate of drug-likeness (QED) is 0.188. The molecule has 0 aromatic heterocycles. The third-order valence-electron chi connectivity index (χ3n) is 4.60. The van der Waals surface area contributed by atoms with Crippen molar-refractivity contribution in [1.82, 2.24) is 0 Å². The van der Waals surface area contributed by atoms with Crippen molar-refractivity contribution in [3.8, 4) is 0 Å². The molecule has 0 unspecified atom stereocenters. The van der Waals surface area contributed by atoms with E-state index in [2.05, 4.69) is 20.8 Å². The molecule has 0 rings (SSSR count). The highest BCUT2D eigenvalue weighted by atomic mass is 31.1. The van der Waals surface area contributed by atoms with E-state index in [9.17, 15) is 0 Å². The fourth-order valence-electron chi connectivity index (χ4n) is 3.01. The summed E-state index contributed by atoms with van der Waals surface area (Å²) in [7, 11) is 0.386. The van der Waals surface area contributed by atoms with Crippen molar-refractivity contribution >= 4 is 7.92 Å². The van der Waals surface area contributed by atoms with Crippen molar-refractivity contribution in [3.05, 3.63) is 0 Å². The van der Waals surface area contributed by atoms with Crippen LogP contribution in [0.2, 0.25) is 0 Å². The third kappa shape index (κ3) is 16.6. The first-order chi connectivity index (χ1) is 10.3. The molecular formula is C20H43P. The first-order valence-corrected chi connectivity index (χ1v) is 12.0. The molecule has 0 atom stereocenters. The monoisotopic (exact) mass is 314 g/mol. The second kappa shape index (κ2) is 18.5. The van der Waals surface area contributed by atoms with Gasteiger partial charge in [-0.15, -0.1) is 7.92 Å². The average molecular weight is 315 g/mol. The van der Waals surface area contributed by atoms with Crippen molar-refractivity contribution in [2.75, 3.05) is 18.5 Å². The molecule has 0 aliphatic rings. The Morgan fingerprint density at radius 2 is 0.762 bits per heavy atom. The van der Waals surface area contributed by atoms with Gasteiger partial charge in [0.25, 0.3) is 0 Å². The summed E-state index contributed by atoms with van der Waals surface area (Å²) in [6.45, 7) is 7.03. The maximum Gasteiger partial charge on any atom is -0.0326 e. The van der Waals surface area contributed by atoms with E-state index < -0.39 is 0 Å². The van der Waals surface area contributed by atoms with Gasteiger partial charge in [-0.3, -0.25) is 0 Å². The molecule has 1 heteroatoms. The zero-order chi connectivity index (χ0) is 15.6. The molecule has 0 saturated heterocycles. The Kier molecular flexibility index (Phi) is 18.9. The van der Waals surface area contributed by atoms with E-state index in [1.807, 2.05) is 0 Å². The molecule has 21 heavy (non-hydrogen) atoms. The van der Waals surface area contributed by atoms with E-state index >= 15 is 0 Å². The summed E-state index contributed by atoms with van der Waals surface area (Å²) >= 11 is 0. The summed E-state index contributed by atoms with van der Waals surface area (Å²) < 4.78 is 0. The lowest BCUT2D eigenvalue weighted by Gasteiger charge is -2.15. The van der Waals surface area contributed by atoms with E-state index in [-0.39, 0.29) is 0 Å². The SMILES string of the molecule is CCCCCCCCCP(CC)CCCCCCCCC. The van der Waals surface area contributed by atoms with Gasteiger partial charge in [0.2, 0.25) is 0 Å². The molecule has 0 N–H and O–H groups in total. The standard InChI is InChI=1S/C20H43P/c1-4-7-9-11-13-15-17-19-21(6-3)20-18-16-14-12-10-8-5-2/h4-20H2,1-3H3. The molecule has 0 radical (unpaired) electrons. The van der Waals surface area contributed by atoms with Crippen LogP contribution in [0.1, 0.15) is 111 Å². The number of hydrogen-bond acceptors (Lipinski definition) is 0. The van der Waals surface area contributed by atoms with E-state index in [1.54, 1.807) is 12.3 Å². The van der Waals surface area contributed by atoms with E-state index in [4.69, 9.17) is 0 Å². The van der Waals surface area contributed by atoms with Crippen LogP contribution in [0.4, 0.5) is 0 Å². The number of rotatable bonds is 17. The molecular weight excluding hydrogens is 271 g/mol. The van der Waals surface area contributed by atoms with Crippen LogP contribution in [0.5, 0.6) is 0 Å². The van der Waals surface area contributed by atoms with Gasteiger partial charge in [0.15, 0.2) is 0 Å². The minimum atomic E-state index is 0.386. The third-order valence-corrected chi connectivity index (χ3v) is 7.39. The summed E-state index contributed by atoms with van der Waals surface area (Å²) in [5.74, 6) is 0. The van der Waals surface area contributed by atoms with Crippen molar-refractivity contribution in [3.63, 3.8) is 0 Å². The highest BCUT2D eigenvalue weighted by molar-refractivity contribution is 7.57. The van der Waals surface area contributed by atoms with Gasteiger partial charge in [-0.25, -0.2) is 0 Å². The summed E-state index contributed by atoms with van der Waals surface area (Å²) in [5, 5.41) is 0. The van der Waals surface area contributed by atoms with Crippen LogP contribution in [-0.2, 0) is 0 Å². The van der Waals surface area contributed by atoms with Gasteiger partial charge in [0.1, 0.15) is 0 Å². The minimum absolute atomic E-state index is 0.386. The van der Waals surface area contributed by atoms with Gasteiger partial charge in [-0.1, -0.05) is 97.8 Å². The largest absolute Gasteiger partial charge is 0.107 e. The van der Waals surface area contributed by atoms with Crippen LogP contribution >= 0.6 is 7.92 Å². The van der Waals surface area contributed by atoms with Crippen molar-refractivity contribution in [2.45, 2.75) is 111 Å². The van der Waals surface area contributed by atoms with E-state index in [1.165, 1.54) is 96.1 Å². The lowest BCUT2D eigenvalue weighted by molar-refractivity contribution is 0.600. The number of unbranched alkanes of at least 4 members (excludes halogenated alkanes) is 12. The predicted molar refractivity (Wildman–Crippen MR) is 103 cm³/mol. The predicted octanol–water partition coefficient (Wildman–Crippen LogP) is 7.99. The second-order valence-corrected chi connectivity index (χ2v) is 9.55. The van der Waals surface area contributed by atoms with Crippen LogP contribution in [0.25, 0.3) is 0 Å². The zero-order valence-electron chi connectivity index (χ0n) is 15.5. The zero-order valence-corrected chi connectivity index (χ0v) is 16.4. The van der Waals surface area contributed by atoms with Crippen LogP contribution in [0.3, 0.4) is 0 Å². The molecule has 0 fully saturated rings. The molecule has 0 heterocycles. The highest BCUT2D eigenvalue weighted by Crippen LogP contribution is 2.37. The molecule has 0 aliphatic heterocycles. The molecule has 0 aliphatic carbocycles.